The van der Waals surface area contributed by atoms with Crippen LogP contribution in [0.2, 0.25) is 0 Å². The SMILES string of the molecule is c1csc(CC2=NCCC3=C2CCCC3)c1. The van der Waals surface area contributed by atoms with Gasteiger partial charge >= 0.3 is 0 Å². The predicted molar refractivity (Wildman–Crippen MR) is 70.4 cm³/mol. The average molecular weight is 231 g/mol. The number of nitrogens with zero attached hydrogens (tertiary/aromatic N) is 1. The number of aliphatic imine (C=N–C) groups is 1. The zero-order chi connectivity index (χ0) is 10.8. The van der Waals surface area contributed by atoms with Gasteiger partial charge < -0.3 is 0 Å². The molecule has 1 aliphatic heterocycles. The van der Waals surface area contributed by atoms with Gasteiger partial charge in [0.05, 0.1) is 0 Å². The Labute approximate surface area is 101 Å². The van der Waals surface area contributed by atoms with Crippen molar-refractivity contribution in [1.29, 1.82) is 0 Å². The molecule has 0 unspecified atom stereocenters. The van der Waals surface area contributed by atoms with Crippen LogP contribution in [0.5, 0.6) is 0 Å². The lowest BCUT2D eigenvalue weighted by Gasteiger charge is -2.25. The minimum Gasteiger partial charge on any atom is -0.289 e. The topological polar surface area (TPSA) is 12.4 Å². The Morgan fingerprint density at radius 2 is 2.12 bits per heavy atom. The highest BCUT2D eigenvalue weighted by atomic mass is 32.1. The molecule has 1 nitrogen and oxygen atoms in total. The number of dihydropyridines is 1. The molecule has 2 aliphatic rings. The summed E-state index contributed by atoms with van der Waals surface area (Å²) in [4.78, 5) is 6.21. The van der Waals surface area contributed by atoms with Gasteiger partial charge in [0, 0.05) is 23.6 Å². The molecule has 84 valence electrons. The van der Waals surface area contributed by atoms with Crippen LogP contribution in [0.4, 0.5) is 0 Å². The predicted octanol–water partition coefficient (Wildman–Crippen LogP) is 4.01. The van der Waals surface area contributed by atoms with Crippen LogP contribution in [0.25, 0.3) is 0 Å². The second-order valence-corrected chi connectivity index (χ2v) is 5.66. The van der Waals surface area contributed by atoms with Crippen LogP contribution >= 0.6 is 11.3 Å². The van der Waals surface area contributed by atoms with E-state index in [1.165, 1.54) is 42.7 Å². The van der Waals surface area contributed by atoms with Crippen molar-refractivity contribution in [3.8, 4) is 0 Å². The quantitative estimate of drug-likeness (QED) is 0.729. The molecule has 0 amide bonds. The summed E-state index contributed by atoms with van der Waals surface area (Å²) in [6, 6.07) is 4.37. The maximum absolute atomic E-state index is 4.75. The molecular formula is C14H17NS. The van der Waals surface area contributed by atoms with E-state index in [0.717, 1.165) is 13.0 Å². The fraction of sp³-hybridized carbons (Fsp3) is 0.500. The maximum Gasteiger partial charge on any atom is 0.0431 e. The zero-order valence-electron chi connectivity index (χ0n) is 9.54. The van der Waals surface area contributed by atoms with E-state index in [0.29, 0.717) is 0 Å². The molecule has 1 aromatic rings. The first-order valence-corrected chi connectivity index (χ1v) is 7.08. The molecular weight excluding hydrogens is 214 g/mol. The Morgan fingerprint density at radius 3 is 3.00 bits per heavy atom. The van der Waals surface area contributed by atoms with Crippen LogP contribution in [0, 0.1) is 0 Å². The molecule has 1 aromatic heterocycles. The molecule has 0 atom stereocenters. The number of rotatable bonds is 2. The molecule has 0 bridgehead atoms. The van der Waals surface area contributed by atoms with Crippen molar-refractivity contribution in [2.24, 2.45) is 4.99 Å². The molecule has 1 aliphatic carbocycles. The molecule has 0 radical (unpaired) electrons. The third kappa shape index (κ3) is 1.99. The second kappa shape index (κ2) is 4.54. The standard InChI is InChI=1S/C14H17NS/c1-2-6-13-11(4-1)7-8-15-14(13)10-12-5-3-9-16-12/h3,5,9H,1-2,4,6-8,10H2. The Morgan fingerprint density at radius 1 is 1.19 bits per heavy atom. The van der Waals surface area contributed by atoms with Crippen LogP contribution in [-0.4, -0.2) is 12.3 Å². The summed E-state index contributed by atoms with van der Waals surface area (Å²) in [5.74, 6) is 0. The van der Waals surface area contributed by atoms with Crippen LogP contribution in [-0.2, 0) is 6.42 Å². The lowest BCUT2D eigenvalue weighted by Crippen LogP contribution is -2.17. The van der Waals surface area contributed by atoms with Crippen LogP contribution in [0.1, 0.15) is 37.0 Å². The average Bonchev–Trinajstić information content (AvgIpc) is 2.82. The molecule has 16 heavy (non-hydrogen) atoms. The highest BCUT2D eigenvalue weighted by Gasteiger charge is 2.20. The molecule has 3 rings (SSSR count). The van der Waals surface area contributed by atoms with Gasteiger partial charge in [0.2, 0.25) is 0 Å². The van der Waals surface area contributed by atoms with E-state index in [1.807, 2.05) is 11.3 Å². The van der Waals surface area contributed by atoms with Crippen molar-refractivity contribution in [3.63, 3.8) is 0 Å². The summed E-state index contributed by atoms with van der Waals surface area (Å²) in [6.07, 6.45) is 7.66. The lowest BCUT2D eigenvalue weighted by molar-refractivity contribution is 0.653. The number of thiophene rings is 1. The third-order valence-electron chi connectivity index (χ3n) is 3.57. The van der Waals surface area contributed by atoms with Gasteiger partial charge in [-0.25, -0.2) is 0 Å². The largest absolute Gasteiger partial charge is 0.289 e. The van der Waals surface area contributed by atoms with Crippen LogP contribution in [0.15, 0.2) is 33.7 Å². The summed E-state index contributed by atoms with van der Waals surface area (Å²) in [5, 5.41) is 2.16. The Bertz CT molecular complexity index is 426. The number of allylic oxidation sites excluding steroid dienone is 1. The Kier molecular flexibility index (Phi) is 2.92. The molecule has 2 heterocycles. The van der Waals surface area contributed by atoms with E-state index in [-0.39, 0.29) is 0 Å². The van der Waals surface area contributed by atoms with Gasteiger partial charge in [-0.15, -0.1) is 11.3 Å². The summed E-state index contributed by atoms with van der Waals surface area (Å²) in [7, 11) is 0. The molecule has 0 spiro atoms. The van der Waals surface area contributed by atoms with Gasteiger partial charge in [0.25, 0.3) is 0 Å². The number of hydrogen-bond acceptors (Lipinski definition) is 2. The monoisotopic (exact) mass is 231 g/mol. The first-order chi connectivity index (χ1) is 7.93. The Balaban J connectivity index is 1.84. The van der Waals surface area contributed by atoms with Crippen molar-refractivity contribution in [2.45, 2.75) is 38.5 Å². The van der Waals surface area contributed by atoms with Crippen molar-refractivity contribution >= 4 is 17.0 Å². The highest BCUT2D eigenvalue weighted by Crippen LogP contribution is 2.31. The van der Waals surface area contributed by atoms with E-state index in [2.05, 4.69) is 17.5 Å². The van der Waals surface area contributed by atoms with E-state index in [4.69, 9.17) is 4.99 Å². The minimum absolute atomic E-state index is 1.03. The van der Waals surface area contributed by atoms with Gasteiger partial charge in [-0.05, 0) is 49.1 Å². The van der Waals surface area contributed by atoms with Gasteiger partial charge in [-0.2, -0.15) is 0 Å². The van der Waals surface area contributed by atoms with Crippen LogP contribution in [0.3, 0.4) is 0 Å². The van der Waals surface area contributed by atoms with Crippen molar-refractivity contribution in [3.05, 3.63) is 33.5 Å². The lowest BCUT2D eigenvalue weighted by atomic mass is 9.84. The highest BCUT2D eigenvalue weighted by molar-refractivity contribution is 7.10. The van der Waals surface area contributed by atoms with E-state index in [1.54, 1.807) is 11.1 Å². The van der Waals surface area contributed by atoms with Gasteiger partial charge in [-0.3, -0.25) is 4.99 Å². The fourth-order valence-electron chi connectivity index (χ4n) is 2.75. The summed E-state index contributed by atoms with van der Waals surface area (Å²) in [5.41, 5.74) is 4.72. The molecule has 0 N–H and O–H groups in total. The summed E-state index contributed by atoms with van der Waals surface area (Å²) >= 11 is 1.85. The Hall–Kier alpha value is -0.890. The van der Waals surface area contributed by atoms with Gasteiger partial charge in [0.1, 0.15) is 0 Å². The zero-order valence-corrected chi connectivity index (χ0v) is 10.4. The molecule has 0 aromatic carbocycles. The number of hydrogen-bond donors (Lipinski definition) is 0. The first-order valence-electron chi connectivity index (χ1n) is 6.20. The first kappa shape index (κ1) is 10.3. The van der Waals surface area contributed by atoms with Crippen molar-refractivity contribution in [1.82, 2.24) is 0 Å². The van der Waals surface area contributed by atoms with Crippen molar-refractivity contribution in [2.75, 3.05) is 6.54 Å². The molecule has 0 saturated heterocycles. The molecule has 0 fully saturated rings. The van der Waals surface area contributed by atoms with E-state index < -0.39 is 0 Å². The maximum atomic E-state index is 4.75. The van der Waals surface area contributed by atoms with E-state index in [9.17, 15) is 0 Å². The second-order valence-electron chi connectivity index (χ2n) is 4.62. The van der Waals surface area contributed by atoms with Crippen molar-refractivity contribution < 1.29 is 0 Å². The smallest absolute Gasteiger partial charge is 0.0431 e. The van der Waals surface area contributed by atoms with Gasteiger partial charge in [0.15, 0.2) is 0 Å². The minimum atomic E-state index is 1.03. The normalized spacial score (nSPS) is 20.6. The van der Waals surface area contributed by atoms with Gasteiger partial charge in [-0.1, -0.05) is 11.6 Å². The third-order valence-corrected chi connectivity index (χ3v) is 4.44. The van der Waals surface area contributed by atoms with Crippen LogP contribution < -0.4 is 0 Å². The summed E-state index contributed by atoms with van der Waals surface area (Å²) in [6.45, 7) is 1.03. The fourth-order valence-corrected chi connectivity index (χ4v) is 3.46. The molecule has 0 saturated carbocycles. The summed E-state index contributed by atoms with van der Waals surface area (Å²) < 4.78 is 0. The molecule has 2 heteroatoms. The van der Waals surface area contributed by atoms with E-state index >= 15 is 0 Å².